The molecule has 2 bridgehead atoms. The van der Waals surface area contributed by atoms with Gasteiger partial charge in [-0.1, -0.05) is 44.5 Å². The molecule has 1 aliphatic carbocycles. The van der Waals surface area contributed by atoms with Crippen LogP contribution in [-0.4, -0.2) is 41.6 Å². The summed E-state index contributed by atoms with van der Waals surface area (Å²) < 4.78 is 4.79. The molecule has 5 nitrogen and oxygen atoms in total. The number of hydrogen-bond donors (Lipinski definition) is 1. The summed E-state index contributed by atoms with van der Waals surface area (Å²) in [6.07, 6.45) is 1.36. The number of carbonyl (C=O) groups is 2. The molecule has 1 heterocycles. The highest BCUT2D eigenvalue weighted by Gasteiger charge is 2.57. The maximum atomic E-state index is 13.6. The fourth-order valence-electron chi connectivity index (χ4n) is 5.28. The van der Waals surface area contributed by atoms with Gasteiger partial charge in [-0.05, 0) is 53.6 Å². The maximum Gasteiger partial charge on any atom is 0.337 e. The van der Waals surface area contributed by atoms with E-state index in [-0.39, 0.29) is 34.1 Å². The lowest BCUT2D eigenvalue weighted by atomic mass is 9.51. The van der Waals surface area contributed by atoms with Crippen LogP contribution in [0.5, 0.6) is 5.75 Å². The van der Waals surface area contributed by atoms with Gasteiger partial charge in [-0.25, -0.2) is 4.79 Å². The van der Waals surface area contributed by atoms with Crippen molar-refractivity contribution < 1.29 is 19.4 Å². The summed E-state index contributed by atoms with van der Waals surface area (Å²) >= 11 is 6.19. The first kappa shape index (κ1) is 20.7. The van der Waals surface area contributed by atoms with Crippen molar-refractivity contribution in [3.05, 3.63) is 63.7 Å². The van der Waals surface area contributed by atoms with E-state index in [4.69, 9.17) is 16.3 Å². The molecule has 4 rings (SSSR count). The average molecular weight is 428 g/mol. The molecule has 6 heteroatoms. The van der Waals surface area contributed by atoms with Gasteiger partial charge in [0.05, 0.1) is 12.7 Å². The molecule has 1 aliphatic heterocycles. The van der Waals surface area contributed by atoms with E-state index in [1.807, 2.05) is 11.0 Å². The third kappa shape index (κ3) is 2.90. The molecule has 0 radical (unpaired) electrons. The van der Waals surface area contributed by atoms with Crippen LogP contribution in [-0.2, 0) is 16.6 Å². The van der Waals surface area contributed by atoms with E-state index in [0.29, 0.717) is 23.6 Å². The van der Waals surface area contributed by atoms with Crippen LogP contribution in [0.25, 0.3) is 0 Å². The molecule has 2 atom stereocenters. The lowest BCUT2D eigenvalue weighted by Crippen LogP contribution is -2.64. The van der Waals surface area contributed by atoms with Gasteiger partial charge in [-0.2, -0.15) is 0 Å². The molecule has 1 unspecified atom stereocenters. The van der Waals surface area contributed by atoms with Gasteiger partial charge < -0.3 is 14.7 Å². The van der Waals surface area contributed by atoms with Crippen LogP contribution in [0.15, 0.2) is 36.4 Å². The molecule has 0 spiro atoms. The molecule has 1 amide bonds. The standard InChI is InChI=1S/C24H26ClNO4/c1-23(2)20-13-17-18(6-5-7-19(17)27)24(23,3)8-9-26(20)21(28)14-10-15(22(29)30-4)12-16(25)11-14/h5-7,10-12,20,27H,8-9,13H2,1-4H3/t20-,24?/m1/s1. The number of carbonyl (C=O) groups excluding carboxylic acids is 2. The Balaban J connectivity index is 1.77. The number of piperidine rings is 1. The van der Waals surface area contributed by atoms with Crippen LogP contribution < -0.4 is 0 Å². The number of phenols is 1. The summed E-state index contributed by atoms with van der Waals surface area (Å²) in [7, 11) is 1.30. The molecule has 1 saturated heterocycles. The molecular formula is C24H26ClNO4. The Labute approximate surface area is 181 Å². The second-order valence-corrected chi connectivity index (χ2v) is 9.48. The van der Waals surface area contributed by atoms with Gasteiger partial charge in [0, 0.05) is 28.6 Å². The summed E-state index contributed by atoms with van der Waals surface area (Å²) in [5.74, 6) is -0.416. The van der Waals surface area contributed by atoms with Gasteiger partial charge in [0.25, 0.3) is 5.91 Å². The fraction of sp³-hybridized carbons (Fsp3) is 0.417. The third-order valence-electron chi connectivity index (χ3n) is 7.45. The van der Waals surface area contributed by atoms with Crippen LogP contribution in [0.4, 0.5) is 0 Å². The lowest BCUT2D eigenvalue weighted by molar-refractivity contribution is -0.0266. The second kappa shape index (κ2) is 7.02. The van der Waals surface area contributed by atoms with Crippen molar-refractivity contribution in [1.29, 1.82) is 0 Å². The molecule has 0 saturated carbocycles. The van der Waals surface area contributed by atoms with Gasteiger partial charge in [0.2, 0.25) is 0 Å². The minimum atomic E-state index is -0.533. The average Bonchev–Trinajstić information content (AvgIpc) is 2.69. The van der Waals surface area contributed by atoms with E-state index < -0.39 is 5.97 Å². The highest BCUT2D eigenvalue weighted by Crippen LogP contribution is 2.57. The number of fused-ring (bicyclic) bond motifs is 4. The van der Waals surface area contributed by atoms with Crippen LogP contribution >= 0.6 is 11.6 Å². The fourth-order valence-corrected chi connectivity index (χ4v) is 5.52. The van der Waals surface area contributed by atoms with Crippen molar-refractivity contribution in [3.63, 3.8) is 0 Å². The Morgan fingerprint density at radius 2 is 1.87 bits per heavy atom. The lowest BCUT2D eigenvalue weighted by Gasteiger charge is -2.60. The zero-order valence-electron chi connectivity index (χ0n) is 17.7. The molecule has 158 valence electrons. The van der Waals surface area contributed by atoms with Crippen LogP contribution in [0.1, 0.15) is 59.0 Å². The number of aromatic hydroxyl groups is 1. The van der Waals surface area contributed by atoms with Gasteiger partial charge >= 0.3 is 5.97 Å². The van der Waals surface area contributed by atoms with Crippen LogP contribution in [0, 0.1) is 5.41 Å². The molecule has 1 fully saturated rings. The Kier molecular flexibility index (Phi) is 4.85. The quantitative estimate of drug-likeness (QED) is 0.712. The highest BCUT2D eigenvalue weighted by molar-refractivity contribution is 6.31. The molecule has 2 aromatic rings. The number of methoxy groups -OCH3 is 1. The SMILES string of the molecule is COC(=O)c1cc(Cl)cc(C(=O)N2CCC3(C)c4cccc(O)c4C[C@@H]2C3(C)C)c1. The first-order valence-corrected chi connectivity index (χ1v) is 10.5. The highest BCUT2D eigenvalue weighted by atomic mass is 35.5. The number of phenolic OH excluding ortho intramolecular Hbond substituents is 1. The molecule has 1 N–H and O–H groups in total. The molecule has 2 aromatic carbocycles. The zero-order valence-corrected chi connectivity index (χ0v) is 18.4. The summed E-state index contributed by atoms with van der Waals surface area (Å²) in [5.41, 5.74) is 2.35. The monoisotopic (exact) mass is 427 g/mol. The Morgan fingerprint density at radius 3 is 2.57 bits per heavy atom. The van der Waals surface area contributed by atoms with Crippen molar-refractivity contribution in [3.8, 4) is 5.75 Å². The topological polar surface area (TPSA) is 66.8 Å². The van der Waals surface area contributed by atoms with E-state index >= 15 is 0 Å². The first-order chi connectivity index (χ1) is 14.1. The predicted molar refractivity (Wildman–Crippen MR) is 115 cm³/mol. The van der Waals surface area contributed by atoms with E-state index in [1.54, 1.807) is 12.1 Å². The number of nitrogens with zero attached hydrogens (tertiary/aromatic N) is 1. The van der Waals surface area contributed by atoms with Gasteiger partial charge in [-0.15, -0.1) is 0 Å². The minimum Gasteiger partial charge on any atom is -0.508 e. The third-order valence-corrected chi connectivity index (χ3v) is 7.67. The van der Waals surface area contributed by atoms with Crippen molar-refractivity contribution in [2.24, 2.45) is 5.41 Å². The van der Waals surface area contributed by atoms with Crippen molar-refractivity contribution >= 4 is 23.5 Å². The molecular weight excluding hydrogens is 402 g/mol. The normalized spacial score (nSPS) is 24.2. The number of ether oxygens (including phenoxy) is 1. The summed E-state index contributed by atoms with van der Waals surface area (Å²) in [5, 5.41) is 10.8. The van der Waals surface area contributed by atoms with Gasteiger partial charge in [-0.3, -0.25) is 4.79 Å². The van der Waals surface area contributed by atoms with Crippen molar-refractivity contribution in [2.75, 3.05) is 13.7 Å². The number of amides is 1. The van der Waals surface area contributed by atoms with E-state index in [1.165, 1.54) is 24.8 Å². The minimum absolute atomic E-state index is 0.0925. The largest absolute Gasteiger partial charge is 0.508 e. The summed E-state index contributed by atoms with van der Waals surface area (Å²) in [6.45, 7) is 7.22. The smallest absolute Gasteiger partial charge is 0.337 e. The van der Waals surface area contributed by atoms with E-state index in [9.17, 15) is 14.7 Å². The number of benzene rings is 2. The van der Waals surface area contributed by atoms with Crippen LogP contribution in [0.3, 0.4) is 0 Å². The Hall–Kier alpha value is -2.53. The summed E-state index contributed by atoms with van der Waals surface area (Å²) in [4.78, 5) is 27.4. The van der Waals surface area contributed by atoms with Gasteiger partial charge in [0.1, 0.15) is 5.75 Å². The van der Waals surface area contributed by atoms with Crippen molar-refractivity contribution in [1.82, 2.24) is 4.90 Å². The summed E-state index contributed by atoms with van der Waals surface area (Å²) in [6, 6.07) is 10.2. The zero-order chi connectivity index (χ0) is 21.8. The van der Waals surface area contributed by atoms with Gasteiger partial charge in [0.15, 0.2) is 0 Å². The van der Waals surface area contributed by atoms with E-state index in [2.05, 4.69) is 26.8 Å². The second-order valence-electron chi connectivity index (χ2n) is 9.05. The predicted octanol–water partition coefficient (Wildman–Crippen LogP) is 4.59. The maximum absolute atomic E-state index is 13.6. The van der Waals surface area contributed by atoms with Crippen molar-refractivity contribution in [2.45, 2.75) is 45.1 Å². The Bertz CT molecular complexity index is 1050. The number of esters is 1. The Morgan fingerprint density at radius 1 is 1.17 bits per heavy atom. The number of hydrogen-bond acceptors (Lipinski definition) is 4. The van der Waals surface area contributed by atoms with E-state index in [0.717, 1.165) is 12.0 Å². The first-order valence-electron chi connectivity index (χ1n) is 10.1. The number of rotatable bonds is 2. The van der Waals surface area contributed by atoms with Crippen LogP contribution in [0.2, 0.25) is 5.02 Å². The number of halogens is 1. The molecule has 0 aromatic heterocycles. The molecule has 2 aliphatic rings. The number of likely N-dealkylation sites (tertiary alicyclic amines) is 1. The molecule has 30 heavy (non-hydrogen) atoms.